The van der Waals surface area contributed by atoms with Gasteiger partial charge in [-0.15, -0.1) is 11.8 Å². The molecule has 0 radical (unpaired) electrons. The number of carbonyl (C=O) groups is 1. The number of anilines is 1. The fourth-order valence-electron chi connectivity index (χ4n) is 2.48. The van der Waals surface area contributed by atoms with Crippen LogP contribution in [0.5, 0.6) is 0 Å². The maximum atomic E-state index is 12.1. The number of fused-ring (bicyclic) bond motifs is 1. The van der Waals surface area contributed by atoms with Gasteiger partial charge in [-0.1, -0.05) is 42.0 Å². The predicted octanol–water partition coefficient (Wildman–Crippen LogP) is 6.02. The Morgan fingerprint density at radius 2 is 2.04 bits per heavy atom. The smallest absolute Gasteiger partial charge is 0.226 e. The van der Waals surface area contributed by atoms with E-state index in [9.17, 15) is 4.79 Å². The fourth-order valence-corrected chi connectivity index (χ4v) is 4.39. The van der Waals surface area contributed by atoms with Gasteiger partial charge in [0.05, 0.1) is 10.2 Å². The van der Waals surface area contributed by atoms with E-state index in [1.54, 1.807) is 11.8 Å². The minimum absolute atomic E-state index is 0.0220. The Balaban J connectivity index is 1.48. The number of aryl methyl sites for hydroxylation is 1. The van der Waals surface area contributed by atoms with E-state index in [2.05, 4.69) is 23.3 Å². The van der Waals surface area contributed by atoms with Crippen molar-refractivity contribution < 1.29 is 4.79 Å². The molecular formula is C19H19ClN2OS2. The van der Waals surface area contributed by atoms with E-state index in [-0.39, 0.29) is 5.91 Å². The van der Waals surface area contributed by atoms with E-state index in [1.807, 2.05) is 36.4 Å². The number of carbonyl (C=O) groups excluding carboxylic acids is 1. The first-order chi connectivity index (χ1) is 12.2. The second-order valence-corrected chi connectivity index (χ2v) is 8.23. The molecule has 3 aromatic rings. The van der Waals surface area contributed by atoms with Crippen molar-refractivity contribution in [3.05, 3.63) is 53.1 Å². The van der Waals surface area contributed by atoms with Gasteiger partial charge in [-0.3, -0.25) is 4.79 Å². The molecule has 1 heterocycles. The largest absolute Gasteiger partial charge is 0.302 e. The lowest BCUT2D eigenvalue weighted by Crippen LogP contribution is -2.11. The van der Waals surface area contributed by atoms with E-state index in [4.69, 9.17) is 11.6 Å². The number of nitrogens with one attached hydrogen (secondary N) is 1. The topological polar surface area (TPSA) is 42.0 Å². The van der Waals surface area contributed by atoms with Gasteiger partial charge in [0.15, 0.2) is 5.13 Å². The van der Waals surface area contributed by atoms with E-state index in [0.29, 0.717) is 11.6 Å². The molecule has 6 heteroatoms. The number of aromatic nitrogens is 1. The summed E-state index contributed by atoms with van der Waals surface area (Å²) in [5.41, 5.74) is 2.22. The van der Waals surface area contributed by atoms with Crippen molar-refractivity contribution >= 4 is 56.0 Å². The molecule has 3 rings (SSSR count). The van der Waals surface area contributed by atoms with Crippen molar-refractivity contribution in [3.63, 3.8) is 0 Å². The Labute approximate surface area is 160 Å². The van der Waals surface area contributed by atoms with Crippen LogP contribution in [0.15, 0.2) is 47.4 Å². The fraction of sp³-hybridized carbons (Fsp3) is 0.263. The van der Waals surface area contributed by atoms with Crippen LogP contribution in [-0.4, -0.2) is 16.6 Å². The van der Waals surface area contributed by atoms with E-state index in [0.717, 1.165) is 33.8 Å². The molecule has 130 valence electrons. The van der Waals surface area contributed by atoms with Crippen molar-refractivity contribution in [2.24, 2.45) is 0 Å². The van der Waals surface area contributed by atoms with Gasteiger partial charge in [-0.25, -0.2) is 4.98 Å². The Morgan fingerprint density at radius 3 is 2.80 bits per heavy atom. The zero-order chi connectivity index (χ0) is 17.6. The molecule has 0 aliphatic carbocycles. The molecule has 0 unspecified atom stereocenters. The summed E-state index contributed by atoms with van der Waals surface area (Å²) in [7, 11) is 0. The molecule has 0 saturated carbocycles. The molecule has 0 atom stereocenters. The van der Waals surface area contributed by atoms with Gasteiger partial charge in [0.1, 0.15) is 0 Å². The average Bonchev–Trinajstić information content (AvgIpc) is 3.02. The summed E-state index contributed by atoms with van der Waals surface area (Å²) in [4.78, 5) is 17.9. The first-order valence-corrected chi connectivity index (χ1v) is 10.4. The van der Waals surface area contributed by atoms with Crippen molar-refractivity contribution in [3.8, 4) is 0 Å². The number of thiazole rings is 1. The van der Waals surface area contributed by atoms with Gasteiger partial charge in [0.25, 0.3) is 0 Å². The summed E-state index contributed by atoms with van der Waals surface area (Å²) >= 11 is 9.14. The van der Waals surface area contributed by atoms with Crippen molar-refractivity contribution in [1.82, 2.24) is 4.98 Å². The van der Waals surface area contributed by atoms with Crippen LogP contribution in [-0.2, 0) is 11.2 Å². The zero-order valence-electron chi connectivity index (χ0n) is 13.9. The van der Waals surface area contributed by atoms with Gasteiger partial charge in [0.2, 0.25) is 5.91 Å². The first kappa shape index (κ1) is 18.2. The minimum Gasteiger partial charge on any atom is -0.302 e. The second kappa shape index (κ2) is 8.70. The van der Waals surface area contributed by atoms with Crippen molar-refractivity contribution in [1.29, 1.82) is 0 Å². The molecule has 0 saturated heterocycles. The average molecular weight is 391 g/mol. The molecule has 2 aromatic carbocycles. The lowest BCUT2D eigenvalue weighted by molar-refractivity contribution is -0.116. The predicted molar refractivity (Wildman–Crippen MR) is 109 cm³/mol. The molecule has 0 bridgehead atoms. The Kier molecular flexibility index (Phi) is 6.34. The second-order valence-electron chi connectivity index (χ2n) is 5.59. The highest BCUT2D eigenvalue weighted by Crippen LogP contribution is 2.28. The van der Waals surface area contributed by atoms with Crippen LogP contribution in [0.4, 0.5) is 5.13 Å². The van der Waals surface area contributed by atoms with Crippen LogP contribution in [0, 0.1) is 0 Å². The summed E-state index contributed by atoms with van der Waals surface area (Å²) in [5.74, 6) is 0.920. The maximum Gasteiger partial charge on any atom is 0.226 e. The molecular weight excluding hydrogens is 372 g/mol. The van der Waals surface area contributed by atoms with Crippen LogP contribution in [0.2, 0.25) is 5.02 Å². The van der Waals surface area contributed by atoms with E-state index >= 15 is 0 Å². The van der Waals surface area contributed by atoms with Gasteiger partial charge in [-0.2, -0.15) is 0 Å². The Morgan fingerprint density at radius 1 is 1.24 bits per heavy atom. The molecule has 0 spiro atoms. The van der Waals surface area contributed by atoms with Gasteiger partial charge in [-0.05, 0) is 54.5 Å². The van der Waals surface area contributed by atoms with Crippen LogP contribution in [0.3, 0.4) is 0 Å². The number of thioether (sulfide) groups is 1. The molecule has 1 aromatic heterocycles. The Bertz CT molecular complexity index is 861. The summed E-state index contributed by atoms with van der Waals surface area (Å²) in [5, 5.41) is 4.36. The minimum atomic E-state index is 0.0220. The molecule has 1 N–H and O–H groups in total. The standard InChI is InChI=1S/C19H19ClN2OS2/c1-2-13-5-3-6-16-18(13)22-19(25-16)21-17(23)7-4-12-24-15-10-8-14(20)9-11-15/h3,5-6,8-11H,2,4,7,12H2,1H3,(H,21,22,23). The molecule has 1 amide bonds. The van der Waals surface area contributed by atoms with Crippen molar-refractivity contribution in [2.75, 3.05) is 11.1 Å². The number of hydrogen-bond acceptors (Lipinski definition) is 4. The molecule has 3 nitrogen and oxygen atoms in total. The van der Waals surface area contributed by atoms with Gasteiger partial charge in [0, 0.05) is 16.3 Å². The van der Waals surface area contributed by atoms with E-state index < -0.39 is 0 Å². The number of amides is 1. The highest BCUT2D eigenvalue weighted by Gasteiger charge is 2.10. The summed E-state index contributed by atoms with van der Waals surface area (Å²) < 4.78 is 1.12. The molecule has 0 fully saturated rings. The number of para-hydroxylation sites is 1. The third-order valence-corrected chi connectivity index (χ3v) is 6.05. The number of benzene rings is 2. The summed E-state index contributed by atoms with van der Waals surface area (Å²) in [6.45, 7) is 2.12. The third kappa shape index (κ3) is 4.97. The Hall–Kier alpha value is -1.56. The number of rotatable bonds is 7. The summed E-state index contributed by atoms with van der Waals surface area (Å²) in [6.07, 6.45) is 2.26. The van der Waals surface area contributed by atoms with E-state index in [1.165, 1.54) is 21.8 Å². The quantitative estimate of drug-likeness (QED) is 0.396. The zero-order valence-corrected chi connectivity index (χ0v) is 16.3. The number of hydrogen-bond donors (Lipinski definition) is 1. The van der Waals surface area contributed by atoms with Crippen molar-refractivity contribution in [2.45, 2.75) is 31.1 Å². The summed E-state index contributed by atoms with van der Waals surface area (Å²) in [6, 6.07) is 13.9. The molecule has 25 heavy (non-hydrogen) atoms. The monoisotopic (exact) mass is 390 g/mol. The molecule has 0 aliphatic rings. The highest BCUT2D eigenvalue weighted by atomic mass is 35.5. The lowest BCUT2D eigenvalue weighted by atomic mass is 10.1. The molecule has 0 aliphatic heterocycles. The number of nitrogens with zero attached hydrogens (tertiary/aromatic N) is 1. The maximum absolute atomic E-state index is 12.1. The van der Waals surface area contributed by atoms with Gasteiger partial charge >= 0.3 is 0 Å². The SMILES string of the molecule is CCc1cccc2sc(NC(=O)CCCSc3ccc(Cl)cc3)nc12. The number of halogens is 1. The third-order valence-electron chi connectivity index (χ3n) is 3.76. The van der Waals surface area contributed by atoms with Crippen LogP contribution < -0.4 is 5.32 Å². The van der Waals surface area contributed by atoms with Gasteiger partial charge < -0.3 is 5.32 Å². The highest BCUT2D eigenvalue weighted by molar-refractivity contribution is 7.99. The van der Waals surface area contributed by atoms with Crippen LogP contribution >= 0.6 is 34.7 Å². The first-order valence-electron chi connectivity index (χ1n) is 8.22. The lowest BCUT2D eigenvalue weighted by Gasteiger charge is -2.03. The normalized spacial score (nSPS) is 11.0. The van der Waals surface area contributed by atoms with Crippen LogP contribution in [0.25, 0.3) is 10.2 Å². The van der Waals surface area contributed by atoms with Crippen LogP contribution in [0.1, 0.15) is 25.3 Å².